The van der Waals surface area contributed by atoms with Crippen molar-refractivity contribution in [3.05, 3.63) is 30.1 Å². The first-order valence-corrected chi connectivity index (χ1v) is 8.81. The van der Waals surface area contributed by atoms with E-state index in [4.69, 9.17) is 0 Å². The summed E-state index contributed by atoms with van der Waals surface area (Å²) < 4.78 is 40.6. The van der Waals surface area contributed by atoms with Crippen LogP contribution in [0.1, 0.15) is 12.8 Å². The Balaban J connectivity index is 2.40. The Morgan fingerprint density at radius 2 is 1.91 bits per heavy atom. The summed E-state index contributed by atoms with van der Waals surface area (Å²) in [5, 5.41) is 9.29. The standard InChI is InChI=1S/C15H21FN2O4S/c1-17(2)12-8-7-11(15(19)20)9-18(10-12)23(21,22)14-6-4-3-5-13(14)16/h3-6,11-12H,7-10H2,1-2H3,(H,19,20)/t11-,12+/m0/s1. The van der Waals surface area contributed by atoms with Gasteiger partial charge in [0, 0.05) is 19.1 Å². The molecule has 2 rings (SSSR count). The van der Waals surface area contributed by atoms with E-state index in [1.165, 1.54) is 18.2 Å². The maximum atomic E-state index is 13.9. The van der Waals surface area contributed by atoms with Gasteiger partial charge < -0.3 is 10.0 Å². The highest BCUT2D eigenvalue weighted by Gasteiger charge is 2.36. The molecule has 0 saturated carbocycles. The van der Waals surface area contributed by atoms with E-state index >= 15 is 0 Å². The Morgan fingerprint density at radius 3 is 2.48 bits per heavy atom. The highest BCUT2D eigenvalue weighted by atomic mass is 32.2. The van der Waals surface area contributed by atoms with Crippen LogP contribution in [-0.4, -0.2) is 61.9 Å². The fourth-order valence-electron chi connectivity index (χ4n) is 2.74. The monoisotopic (exact) mass is 344 g/mol. The molecular formula is C15H21FN2O4S. The number of aliphatic carboxylic acids is 1. The van der Waals surface area contributed by atoms with Crippen molar-refractivity contribution < 1.29 is 22.7 Å². The SMILES string of the molecule is CN(C)[C@@H]1CC[C@H](C(=O)O)CN(S(=O)(=O)c2ccccc2F)C1. The molecule has 0 spiro atoms. The van der Waals surface area contributed by atoms with Crippen molar-refractivity contribution in [2.24, 2.45) is 5.92 Å². The summed E-state index contributed by atoms with van der Waals surface area (Å²) in [4.78, 5) is 12.8. The van der Waals surface area contributed by atoms with Crippen molar-refractivity contribution >= 4 is 16.0 Å². The number of hydrogen-bond donors (Lipinski definition) is 1. The molecule has 1 aromatic carbocycles. The fourth-order valence-corrected chi connectivity index (χ4v) is 4.33. The van der Waals surface area contributed by atoms with Crippen LogP contribution in [0.4, 0.5) is 4.39 Å². The first kappa shape index (κ1) is 17.8. The molecule has 0 amide bonds. The Hall–Kier alpha value is -1.51. The van der Waals surface area contributed by atoms with Crippen molar-refractivity contribution in [2.75, 3.05) is 27.2 Å². The molecule has 8 heteroatoms. The van der Waals surface area contributed by atoms with E-state index in [0.717, 1.165) is 10.4 Å². The lowest BCUT2D eigenvalue weighted by Gasteiger charge is -2.28. The van der Waals surface area contributed by atoms with Crippen LogP contribution in [0.25, 0.3) is 0 Å². The van der Waals surface area contributed by atoms with Crippen LogP contribution >= 0.6 is 0 Å². The van der Waals surface area contributed by atoms with Crippen LogP contribution in [0.2, 0.25) is 0 Å². The second-order valence-electron chi connectivity index (χ2n) is 5.98. The Morgan fingerprint density at radius 1 is 1.26 bits per heavy atom. The minimum atomic E-state index is -4.08. The van der Waals surface area contributed by atoms with Crippen LogP contribution in [0.15, 0.2) is 29.2 Å². The van der Waals surface area contributed by atoms with Crippen LogP contribution in [0, 0.1) is 11.7 Å². The summed E-state index contributed by atoms with van der Waals surface area (Å²) in [7, 11) is -0.442. The minimum Gasteiger partial charge on any atom is -0.481 e. The molecule has 1 N–H and O–H groups in total. The molecule has 0 aromatic heterocycles. The van der Waals surface area contributed by atoms with Gasteiger partial charge in [-0.05, 0) is 39.1 Å². The topological polar surface area (TPSA) is 77.9 Å². The van der Waals surface area contributed by atoms with Gasteiger partial charge in [-0.25, -0.2) is 12.8 Å². The number of hydrogen-bond acceptors (Lipinski definition) is 4. The molecule has 23 heavy (non-hydrogen) atoms. The molecular weight excluding hydrogens is 323 g/mol. The minimum absolute atomic E-state index is 0.110. The first-order valence-electron chi connectivity index (χ1n) is 7.37. The second-order valence-corrected chi connectivity index (χ2v) is 7.89. The number of carbonyl (C=O) groups is 1. The van der Waals surface area contributed by atoms with Gasteiger partial charge in [0.25, 0.3) is 0 Å². The molecule has 1 fully saturated rings. The molecule has 0 aliphatic carbocycles. The number of benzene rings is 1. The summed E-state index contributed by atoms with van der Waals surface area (Å²) in [6.07, 6.45) is 0.967. The van der Waals surface area contributed by atoms with Crippen molar-refractivity contribution in [2.45, 2.75) is 23.8 Å². The molecule has 0 radical (unpaired) electrons. The van der Waals surface area contributed by atoms with E-state index in [-0.39, 0.29) is 19.1 Å². The molecule has 1 aliphatic heterocycles. The van der Waals surface area contributed by atoms with Crippen LogP contribution in [0.3, 0.4) is 0 Å². The van der Waals surface area contributed by atoms with Crippen LogP contribution in [-0.2, 0) is 14.8 Å². The predicted molar refractivity (Wildman–Crippen MR) is 83.0 cm³/mol. The van der Waals surface area contributed by atoms with E-state index in [1.54, 1.807) is 0 Å². The molecule has 1 aromatic rings. The zero-order valence-electron chi connectivity index (χ0n) is 13.1. The fraction of sp³-hybridized carbons (Fsp3) is 0.533. The highest BCUT2D eigenvalue weighted by molar-refractivity contribution is 7.89. The quantitative estimate of drug-likeness (QED) is 0.889. The van der Waals surface area contributed by atoms with E-state index < -0.39 is 32.6 Å². The number of carboxylic acids is 1. The van der Waals surface area contributed by atoms with Crippen molar-refractivity contribution in [1.82, 2.24) is 9.21 Å². The summed E-state index contributed by atoms with van der Waals surface area (Å²) in [5.74, 6) is -2.65. The third-order valence-electron chi connectivity index (χ3n) is 4.22. The summed E-state index contributed by atoms with van der Waals surface area (Å²) in [6.45, 7) is 0.00376. The van der Waals surface area contributed by atoms with E-state index in [9.17, 15) is 22.7 Å². The van der Waals surface area contributed by atoms with Crippen LogP contribution < -0.4 is 0 Å². The normalized spacial score (nSPS) is 23.7. The lowest BCUT2D eigenvalue weighted by Crippen LogP contribution is -2.43. The molecule has 128 valence electrons. The van der Waals surface area contributed by atoms with Crippen LogP contribution in [0.5, 0.6) is 0 Å². The van der Waals surface area contributed by atoms with Gasteiger partial charge in [-0.2, -0.15) is 4.31 Å². The Bertz CT molecular complexity index is 678. The first-order chi connectivity index (χ1) is 10.7. The van der Waals surface area contributed by atoms with Gasteiger partial charge in [0.1, 0.15) is 10.7 Å². The summed E-state index contributed by atoms with van der Waals surface area (Å²) in [6, 6.07) is 5.05. The van der Waals surface area contributed by atoms with Crippen molar-refractivity contribution in [3.63, 3.8) is 0 Å². The second kappa shape index (κ2) is 6.94. The lowest BCUT2D eigenvalue weighted by atomic mass is 10.0. The summed E-state index contributed by atoms with van der Waals surface area (Å²) in [5.41, 5.74) is 0. The average Bonchev–Trinajstić information content (AvgIpc) is 2.71. The molecule has 6 nitrogen and oxygen atoms in total. The average molecular weight is 344 g/mol. The molecule has 0 bridgehead atoms. The lowest BCUT2D eigenvalue weighted by molar-refractivity contribution is -0.142. The largest absolute Gasteiger partial charge is 0.481 e. The van der Waals surface area contributed by atoms with Gasteiger partial charge in [-0.3, -0.25) is 4.79 Å². The predicted octanol–water partition coefficient (Wildman–Crippen LogP) is 1.24. The van der Waals surface area contributed by atoms with E-state index in [2.05, 4.69) is 0 Å². The number of rotatable bonds is 4. The maximum absolute atomic E-state index is 13.9. The number of likely N-dealkylation sites (N-methyl/N-ethyl adjacent to an activating group) is 1. The number of sulfonamides is 1. The van der Waals surface area contributed by atoms with Crippen molar-refractivity contribution in [3.8, 4) is 0 Å². The zero-order chi connectivity index (χ0) is 17.2. The zero-order valence-corrected chi connectivity index (χ0v) is 14.0. The van der Waals surface area contributed by atoms with Gasteiger partial charge in [0.05, 0.1) is 5.92 Å². The third kappa shape index (κ3) is 3.88. The molecule has 2 atom stereocenters. The number of halogens is 1. The van der Waals surface area contributed by atoms with Gasteiger partial charge in [0.15, 0.2) is 0 Å². The Labute approximate surface area is 135 Å². The van der Waals surface area contributed by atoms with Crippen molar-refractivity contribution in [1.29, 1.82) is 0 Å². The van der Waals surface area contributed by atoms with Gasteiger partial charge in [0.2, 0.25) is 10.0 Å². The van der Waals surface area contributed by atoms with E-state index in [0.29, 0.717) is 12.8 Å². The smallest absolute Gasteiger partial charge is 0.307 e. The highest BCUT2D eigenvalue weighted by Crippen LogP contribution is 2.26. The Kier molecular flexibility index (Phi) is 5.38. The molecule has 0 unspecified atom stereocenters. The summed E-state index contributed by atoms with van der Waals surface area (Å²) >= 11 is 0. The molecule has 1 aliphatic rings. The van der Waals surface area contributed by atoms with Gasteiger partial charge in [-0.15, -0.1) is 0 Å². The maximum Gasteiger partial charge on any atom is 0.307 e. The van der Waals surface area contributed by atoms with Gasteiger partial charge in [-0.1, -0.05) is 12.1 Å². The number of carboxylic acid groups (broad SMARTS) is 1. The molecule has 1 saturated heterocycles. The third-order valence-corrected chi connectivity index (χ3v) is 6.09. The number of nitrogens with zero attached hydrogens (tertiary/aromatic N) is 2. The van der Waals surface area contributed by atoms with E-state index in [1.807, 2.05) is 19.0 Å². The molecule has 1 heterocycles. The van der Waals surface area contributed by atoms with Gasteiger partial charge >= 0.3 is 5.97 Å².